The number of hydrogen-bond donors (Lipinski definition) is 0. The molecule has 1 heterocycles. The average Bonchev–Trinajstić information content (AvgIpc) is 2.04. The van der Waals surface area contributed by atoms with Crippen LogP contribution in [0, 0.1) is 6.92 Å². The maximum atomic E-state index is 4.42. The minimum atomic E-state index is 0.585. The molecule has 12 heavy (non-hydrogen) atoms. The van der Waals surface area contributed by atoms with E-state index < -0.39 is 0 Å². The lowest BCUT2D eigenvalue weighted by Crippen LogP contribution is -1.96. The van der Waals surface area contributed by atoms with Crippen LogP contribution in [0.1, 0.15) is 43.5 Å². The number of hydrogen-bond acceptors (Lipinski definition) is 1. The third-order valence-corrected chi connectivity index (χ3v) is 2.21. The third-order valence-electron chi connectivity index (χ3n) is 2.21. The van der Waals surface area contributed by atoms with Gasteiger partial charge in [-0.25, -0.2) is 0 Å². The highest BCUT2D eigenvalue weighted by Crippen LogP contribution is 2.16. The highest BCUT2D eigenvalue weighted by atomic mass is 14.7. The van der Waals surface area contributed by atoms with Gasteiger partial charge in [-0.1, -0.05) is 26.8 Å². The molecule has 0 aromatic carbocycles. The smallest absolute Gasteiger partial charge is 0.0430 e. The van der Waals surface area contributed by atoms with Gasteiger partial charge >= 0.3 is 0 Å². The largest absolute Gasteiger partial charge is 0.261 e. The van der Waals surface area contributed by atoms with Gasteiger partial charge in [-0.2, -0.15) is 0 Å². The fraction of sp³-hybridized carbons (Fsp3) is 0.545. The molecule has 0 unspecified atom stereocenters. The molecule has 0 N–H and O–H groups in total. The summed E-state index contributed by atoms with van der Waals surface area (Å²) in [4.78, 5) is 4.42. The Kier molecular flexibility index (Phi) is 2.85. The molecule has 0 spiro atoms. The standard InChI is InChI=1S/C11H17N/c1-5-11-9(4)6-10(7-12-11)8(2)3/h6-8H,5H2,1-4H3. The predicted molar refractivity (Wildman–Crippen MR) is 52.4 cm³/mol. The molecule has 1 heteroatoms. The molecular weight excluding hydrogens is 146 g/mol. The second-order valence-electron chi connectivity index (χ2n) is 3.54. The second-order valence-corrected chi connectivity index (χ2v) is 3.54. The Hall–Kier alpha value is -0.850. The van der Waals surface area contributed by atoms with E-state index in [2.05, 4.69) is 38.7 Å². The summed E-state index contributed by atoms with van der Waals surface area (Å²) in [5.74, 6) is 0.585. The first kappa shape index (κ1) is 9.24. The van der Waals surface area contributed by atoms with Crippen LogP contribution in [0.25, 0.3) is 0 Å². The molecule has 0 aliphatic heterocycles. The van der Waals surface area contributed by atoms with E-state index in [4.69, 9.17) is 0 Å². The summed E-state index contributed by atoms with van der Waals surface area (Å²) in [5.41, 5.74) is 3.88. The Morgan fingerprint density at radius 2 is 2.08 bits per heavy atom. The minimum Gasteiger partial charge on any atom is -0.261 e. The van der Waals surface area contributed by atoms with Gasteiger partial charge in [-0.05, 0) is 30.4 Å². The molecule has 1 rings (SSSR count). The molecule has 0 aliphatic carbocycles. The van der Waals surface area contributed by atoms with Crippen molar-refractivity contribution in [3.63, 3.8) is 0 Å². The predicted octanol–water partition coefficient (Wildman–Crippen LogP) is 3.08. The maximum absolute atomic E-state index is 4.42. The zero-order valence-corrected chi connectivity index (χ0v) is 8.39. The summed E-state index contributed by atoms with van der Waals surface area (Å²) >= 11 is 0. The normalized spacial score (nSPS) is 10.8. The molecule has 1 nitrogen and oxygen atoms in total. The van der Waals surface area contributed by atoms with Crippen molar-refractivity contribution in [2.24, 2.45) is 0 Å². The fourth-order valence-corrected chi connectivity index (χ4v) is 1.31. The molecule has 0 aliphatic rings. The molecule has 66 valence electrons. The second kappa shape index (κ2) is 3.70. The first-order chi connectivity index (χ1) is 5.65. The number of nitrogens with zero attached hydrogens (tertiary/aromatic N) is 1. The molecular formula is C11H17N. The lowest BCUT2D eigenvalue weighted by molar-refractivity contribution is 0.846. The Morgan fingerprint density at radius 1 is 1.42 bits per heavy atom. The molecule has 0 atom stereocenters. The summed E-state index contributed by atoms with van der Waals surface area (Å²) in [7, 11) is 0. The van der Waals surface area contributed by atoms with Crippen molar-refractivity contribution in [3.05, 3.63) is 29.1 Å². The molecule has 0 radical (unpaired) electrons. The van der Waals surface area contributed by atoms with Gasteiger partial charge in [0.25, 0.3) is 0 Å². The van der Waals surface area contributed by atoms with Crippen LogP contribution in [0.2, 0.25) is 0 Å². The molecule has 0 saturated heterocycles. The lowest BCUT2D eigenvalue weighted by atomic mass is 10.0. The van der Waals surface area contributed by atoms with Crippen LogP contribution in [-0.2, 0) is 6.42 Å². The monoisotopic (exact) mass is 163 g/mol. The average molecular weight is 163 g/mol. The zero-order chi connectivity index (χ0) is 9.14. The Morgan fingerprint density at radius 3 is 2.50 bits per heavy atom. The van der Waals surface area contributed by atoms with Crippen LogP contribution in [0.4, 0.5) is 0 Å². The molecule has 0 fully saturated rings. The summed E-state index contributed by atoms with van der Waals surface area (Å²) in [6.45, 7) is 8.67. The SMILES string of the molecule is CCc1ncc(C(C)C)cc1C. The van der Waals surface area contributed by atoms with Gasteiger partial charge in [-0.15, -0.1) is 0 Å². The molecule has 0 saturated carbocycles. The van der Waals surface area contributed by atoms with Crippen molar-refractivity contribution in [1.82, 2.24) is 4.98 Å². The Labute approximate surface area is 74.8 Å². The van der Waals surface area contributed by atoms with Gasteiger partial charge in [0.1, 0.15) is 0 Å². The Balaban J connectivity index is 3.02. The quantitative estimate of drug-likeness (QED) is 0.653. The topological polar surface area (TPSA) is 12.9 Å². The fourth-order valence-electron chi connectivity index (χ4n) is 1.31. The van der Waals surface area contributed by atoms with Gasteiger partial charge in [0.05, 0.1) is 0 Å². The number of rotatable bonds is 2. The van der Waals surface area contributed by atoms with Crippen LogP contribution in [0.5, 0.6) is 0 Å². The van der Waals surface area contributed by atoms with Crippen molar-refractivity contribution in [1.29, 1.82) is 0 Å². The van der Waals surface area contributed by atoms with Crippen molar-refractivity contribution >= 4 is 0 Å². The van der Waals surface area contributed by atoms with Gasteiger partial charge < -0.3 is 0 Å². The van der Waals surface area contributed by atoms with Gasteiger partial charge in [0.15, 0.2) is 0 Å². The highest BCUT2D eigenvalue weighted by molar-refractivity contribution is 5.25. The molecule has 0 bridgehead atoms. The molecule has 0 amide bonds. The van der Waals surface area contributed by atoms with Crippen LogP contribution in [0.3, 0.4) is 0 Å². The number of pyridine rings is 1. The van der Waals surface area contributed by atoms with Crippen molar-refractivity contribution in [2.75, 3.05) is 0 Å². The van der Waals surface area contributed by atoms with E-state index in [1.54, 1.807) is 0 Å². The van der Waals surface area contributed by atoms with Gasteiger partial charge in [0, 0.05) is 11.9 Å². The third kappa shape index (κ3) is 1.84. The van der Waals surface area contributed by atoms with E-state index in [0.717, 1.165) is 6.42 Å². The molecule has 1 aromatic rings. The van der Waals surface area contributed by atoms with E-state index in [-0.39, 0.29) is 0 Å². The minimum absolute atomic E-state index is 0.585. The number of aryl methyl sites for hydroxylation is 2. The van der Waals surface area contributed by atoms with Crippen LogP contribution < -0.4 is 0 Å². The zero-order valence-electron chi connectivity index (χ0n) is 8.39. The summed E-state index contributed by atoms with van der Waals surface area (Å²) in [6.07, 6.45) is 3.03. The summed E-state index contributed by atoms with van der Waals surface area (Å²) in [6, 6.07) is 2.25. The van der Waals surface area contributed by atoms with E-state index in [0.29, 0.717) is 5.92 Å². The van der Waals surface area contributed by atoms with E-state index in [9.17, 15) is 0 Å². The summed E-state index contributed by atoms with van der Waals surface area (Å²) < 4.78 is 0. The lowest BCUT2D eigenvalue weighted by Gasteiger charge is -2.08. The number of aromatic nitrogens is 1. The van der Waals surface area contributed by atoms with Crippen LogP contribution >= 0.6 is 0 Å². The van der Waals surface area contributed by atoms with Crippen molar-refractivity contribution < 1.29 is 0 Å². The van der Waals surface area contributed by atoms with Gasteiger partial charge in [-0.3, -0.25) is 4.98 Å². The first-order valence-electron chi connectivity index (χ1n) is 4.60. The van der Waals surface area contributed by atoms with E-state index in [1.165, 1.54) is 16.8 Å². The van der Waals surface area contributed by atoms with Crippen molar-refractivity contribution in [3.8, 4) is 0 Å². The highest BCUT2D eigenvalue weighted by Gasteiger charge is 2.02. The molecule has 1 aromatic heterocycles. The summed E-state index contributed by atoms with van der Waals surface area (Å²) in [5, 5.41) is 0. The van der Waals surface area contributed by atoms with Crippen LogP contribution in [-0.4, -0.2) is 4.98 Å². The van der Waals surface area contributed by atoms with Crippen molar-refractivity contribution in [2.45, 2.75) is 40.0 Å². The van der Waals surface area contributed by atoms with E-state index in [1.807, 2.05) is 6.20 Å². The maximum Gasteiger partial charge on any atom is 0.0430 e. The first-order valence-corrected chi connectivity index (χ1v) is 4.60. The van der Waals surface area contributed by atoms with E-state index >= 15 is 0 Å². The van der Waals surface area contributed by atoms with Gasteiger partial charge in [0.2, 0.25) is 0 Å². The van der Waals surface area contributed by atoms with Crippen LogP contribution in [0.15, 0.2) is 12.3 Å². The Bertz CT molecular complexity index is 264.